The standard InChI is InChI=1S/C12H20N2O/c1-12(5-3-6-13-12)10-14(2)8-11-4-7-15-9-11/h4,7,9,13H,3,5-6,8,10H2,1-2H3. The van der Waals surface area contributed by atoms with Crippen molar-refractivity contribution in [2.45, 2.75) is 31.8 Å². The predicted octanol–water partition coefficient (Wildman–Crippen LogP) is 1.85. The average Bonchev–Trinajstić information content (AvgIpc) is 2.76. The SMILES string of the molecule is CN(Cc1ccoc1)CC1(C)CCCN1. The summed E-state index contributed by atoms with van der Waals surface area (Å²) in [5.74, 6) is 0. The van der Waals surface area contributed by atoms with E-state index in [0.29, 0.717) is 5.54 Å². The maximum absolute atomic E-state index is 5.07. The van der Waals surface area contributed by atoms with E-state index < -0.39 is 0 Å². The minimum absolute atomic E-state index is 0.304. The number of likely N-dealkylation sites (N-methyl/N-ethyl adjacent to an activating group) is 1. The van der Waals surface area contributed by atoms with Crippen molar-refractivity contribution in [2.75, 3.05) is 20.1 Å². The molecular weight excluding hydrogens is 188 g/mol. The van der Waals surface area contributed by atoms with Gasteiger partial charge in [0.1, 0.15) is 0 Å². The molecule has 2 rings (SSSR count). The zero-order valence-electron chi connectivity index (χ0n) is 9.62. The molecule has 2 heterocycles. The van der Waals surface area contributed by atoms with Gasteiger partial charge < -0.3 is 14.6 Å². The molecule has 1 fully saturated rings. The quantitative estimate of drug-likeness (QED) is 0.818. The second-order valence-corrected chi connectivity index (χ2v) is 4.89. The van der Waals surface area contributed by atoms with Gasteiger partial charge in [-0.15, -0.1) is 0 Å². The Kier molecular flexibility index (Phi) is 3.12. The van der Waals surface area contributed by atoms with E-state index >= 15 is 0 Å². The molecule has 3 nitrogen and oxygen atoms in total. The molecule has 0 aliphatic carbocycles. The summed E-state index contributed by atoms with van der Waals surface area (Å²) in [4.78, 5) is 2.35. The smallest absolute Gasteiger partial charge is 0.0947 e. The molecule has 0 amide bonds. The fraction of sp³-hybridized carbons (Fsp3) is 0.667. The molecule has 1 aliphatic rings. The highest BCUT2D eigenvalue weighted by molar-refractivity contribution is 5.05. The van der Waals surface area contributed by atoms with Crippen molar-refractivity contribution in [3.8, 4) is 0 Å². The molecular formula is C12H20N2O. The lowest BCUT2D eigenvalue weighted by Crippen LogP contribution is -2.46. The summed E-state index contributed by atoms with van der Waals surface area (Å²) in [5, 5.41) is 3.58. The molecule has 0 spiro atoms. The second kappa shape index (κ2) is 4.37. The summed E-state index contributed by atoms with van der Waals surface area (Å²) in [7, 11) is 2.16. The number of hydrogen-bond acceptors (Lipinski definition) is 3. The van der Waals surface area contributed by atoms with Gasteiger partial charge in [0, 0.05) is 24.2 Å². The topological polar surface area (TPSA) is 28.4 Å². The van der Waals surface area contributed by atoms with Crippen LogP contribution in [-0.4, -0.2) is 30.6 Å². The van der Waals surface area contributed by atoms with Crippen molar-refractivity contribution in [3.05, 3.63) is 24.2 Å². The van der Waals surface area contributed by atoms with Crippen molar-refractivity contribution in [1.82, 2.24) is 10.2 Å². The third-order valence-electron chi connectivity index (χ3n) is 3.11. The zero-order chi connectivity index (χ0) is 10.7. The Morgan fingerprint density at radius 2 is 2.47 bits per heavy atom. The van der Waals surface area contributed by atoms with Crippen LogP contribution in [0.5, 0.6) is 0 Å². The number of hydrogen-bond donors (Lipinski definition) is 1. The molecule has 15 heavy (non-hydrogen) atoms. The summed E-state index contributed by atoms with van der Waals surface area (Å²) >= 11 is 0. The third-order valence-corrected chi connectivity index (χ3v) is 3.11. The van der Waals surface area contributed by atoms with E-state index in [9.17, 15) is 0 Å². The van der Waals surface area contributed by atoms with Crippen molar-refractivity contribution in [2.24, 2.45) is 0 Å². The van der Waals surface area contributed by atoms with Crippen LogP contribution >= 0.6 is 0 Å². The molecule has 1 N–H and O–H groups in total. The third kappa shape index (κ3) is 2.83. The minimum atomic E-state index is 0.304. The van der Waals surface area contributed by atoms with Crippen molar-refractivity contribution < 1.29 is 4.42 Å². The molecule has 1 unspecified atom stereocenters. The number of nitrogens with zero attached hydrogens (tertiary/aromatic N) is 1. The van der Waals surface area contributed by atoms with Crippen molar-refractivity contribution >= 4 is 0 Å². The lowest BCUT2D eigenvalue weighted by molar-refractivity contribution is 0.233. The summed E-state index contributed by atoms with van der Waals surface area (Å²) in [5.41, 5.74) is 1.55. The highest BCUT2D eigenvalue weighted by Gasteiger charge is 2.28. The maximum atomic E-state index is 5.07. The van der Waals surface area contributed by atoms with Crippen LogP contribution in [0, 0.1) is 0 Å². The zero-order valence-corrected chi connectivity index (χ0v) is 9.62. The number of rotatable bonds is 4. The molecule has 1 aliphatic heterocycles. The van der Waals surface area contributed by atoms with E-state index in [4.69, 9.17) is 4.42 Å². The van der Waals surface area contributed by atoms with Gasteiger partial charge in [0.05, 0.1) is 12.5 Å². The molecule has 0 aromatic carbocycles. The highest BCUT2D eigenvalue weighted by Crippen LogP contribution is 2.20. The highest BCUT2D eigenvalue weighted by atomic mass is 16.3. The fourth-order valence-electron chi connectivity index (χ4n) is 2.44. The number of nitrogens with one attached hydrogen (secondary N) is 1. The van der Waals surface area contributed by atoms with Crippen LogP contribution in [0.15, 0.2) is 23.0 Å². The monoisotopic (exact) mass is 208 g/mol. The summed E-state index contributed by atoms with van der Waals surface area (Å²) < 4.78 is 5.07. The molecule has 1 aromatic rings. The van der Waals surface area contributed by atoms with E-state index in [1.807, 2.05) is 12.3 Å². The van der Waals surface area contributed by atoms with Crippen LogP contribution in [0.4, 0.5) is 0 Å². The normalized spacial score (nSPS) is 26.3. The fourth-order valence-corrected chi connectivity index (χ4v) is 2.44. The average molecular weight is 208 g/mol. The Labute approximate surface area is 91.4 Å². The van der Waals surface area contributed by atoms with Gasteiger partial charge in [-0.3, -0.25) is 0 Å². The van der Waals surface area contributed by atoms with Gasteiger partial charge in [-0.1, -0.05) is 0 Å². The Balaban J connectivity index is 1.84. The summed E-state index contributed by atoms with van der Waals surface area (Å²) in [6.07, 6.45) is 6.14. The van der Waals surface area contributed by atoms with Crippen LogP contribution < -0.4 is 5.32 Å². The molecule has 84 valence electrons. The predicted molar refractivity (Wildman–Crippen MR) is 60.7 cm³/mol. The first-order chi connectivity index (χ1) is 7.18. The molecule has 0 saturated carbocycles. The van der Waals surface area contributed by atoms with Gasteiger partial charge in [0.2, 0.25) is 0 Å². The largest absolute Gasteiger partial charge is 0.472 e. The van der Waals surface area contributed by atoms with Gasteiger partial charge in [-0.25, -0.2) is 0 Å². The minimum Gasteiger partial charge on any atom is -0.472 e. The van der Waals surface area contributed by atoms with E-state index in [-0.39, 0.29) is 0 Å². The summed E-state index contributed by atoms with van der Waals surface area (Å²) in [6.45, 7) is 5.54. The van der Waals surface area contributed by atoms with E-state index in [1.54, 1.807) is 6.26 Å². The van der Waals surface area contributed by atoms with Crippen LogP contribution in [0.1, 0.15) is 25.3 Å². The first-order valence-electron chi connectivity index (χ1n) is 5.63. The molecule has 0 bridgehead atoms. The first-order valence-corrected chi connectivity index (χ1v) is 5.63. The van der Waals surface area contributed by atoms with Crippen LogP contribution in [0.2, 0.25) is 0 Å². The second-order valence-electron chi connectivity index (χ2n) is 4.89. The summed E-state index contributed by atoms with van der Waals surface area (Å²) in [6, 6.07) is 2.03. The molecule has 1 atom stereocenters. The van der Waals surface area contributed by atoms with Gasteiger partial charge in [0.25, 0.3) is 0 Å². The van der Waals surface area contributed by atoms with Crippen molar-refractivity contribution in [3.63, 3.8) is 0 Å². The van der Waals surface area contributed by atoms with E-state index in [0.717, 1.165) is 19.6 Å². The van der Waals surface area contributed by atoms with Gasteiger partial charge in [-0.2, -0.15) is 0 Å². The Hall–Kier alpha value is -0.800. The molecule has 1 aromatic heterocycles. The van der Waals surface area contributed by atoms with Crippen LogP contribution in [-0.2, 0) is 6.54 Å². The van der Waals surface area contributed by atoms with Crippen molar-refractivity contribution in [1.29, 1.82) is 0 Å². The Morgan fingerprint density at radius 3 is 3.07 bits per heavy atom. The van der Waals surface area contributed by atoms with Gasteiger partial charge in [-0.05, 0) is 39.4 Å². The van der Waals surface area contributed by atoms with E-state index in [2.05, 4.69) is 24.2 Å². The lowest BCUT2D eigenvalue weighted by Gasteiger charge is -2.30. The Morgan fingerprint density at radius 1 is 1.60 bits per heavy atom. The molecule has 3 heteroatoms. The van der Waals surface area contributed by atoms with Gasteiger partial charge >= 0.3 is 0 Å². The van der Waals surface area contributed by atoms with E-state index in [1.165, 1.54) is 18.4 Å². The lowest BCUT2D eigenvalue weighted by atomic mass is 10.00. The van der Waals surface area contributed by atoms with Gasteiger partial charge in [0.15, 0.2) is 0 Å². The first kappa shape index (κ1) is 10.7. The molecule has 0 radical (unpaired) electrons. The van der Waals surface area contributed by atoms with Crippen LogP contribution in [0.3, 0.4) is 0 Å². The van der Waals surface area contributed by atoms with Crippen LogP contribution in [0.25, 0.3) is 0 Å². The molecule has 1 saturated heterocycles. The Bertz CT molecular complexity index is 289. The number of furan rings is 1. The maximum Gasteiger partial charge on any atom is 0.0947 e.